The summed E-state index contributed by atoms with van der Waals surface area (Å²) in [5.74, 6) is -0.249. The molecule has 0 saturated carbocycles. The zero-order valence-electron chi connectivity index (χ0n) is 16.5. The van der Waals surface area contributed by atoms with Crippen LogP contribution in [-0.2, 0) is 19.8 Å². The van der Waals surface area contributed by atoms with Crippen molar-refractivity contribution in [3.63, 3.8) is 0 Å². The Labute approximate surface area is 175 Å². The van der Waals surface area contributed by atoms with E-state index in [4.69, 9.17) is 0 Å². The number of halogens is 1. The molecule has 0 aliphatic rings. The van der Waals surface area contributed by atoms with E-state index in [0.29, 0.717) is 17.9 Å². The summed E-state index contributed by atoms with van der Waals surface area (Å²) in [6.07, 6.45) is 3.51. The summed E-state index contributed by atoms with van der Waals surface area (Å²) in [7, 11) is 1.68. The third kappa shape index (κ3) is 4.21. The van der Waals surface area contributed by atoms with Crippen molar-refractivity contribution >= 4 is 27.5 Å². The van der Waals surface area contributed by atoms with Crippen molar-refractivity contribution in [2.75, 3.05) is 7.05 Å². The van der Waals surface area contributed by atoms with Crippen LogP contribution in [0, 0.1) is 24.0 Å². The number of carbonyl (C=O) groups excluding carboxylic acids is 1. The minimum absolute atomic E-state index is 0.00900. The summed E-state index contributed by atoms with van der Waals surface area (Å²) in [5.41, 5.74) is 1.80. The maximum absolute atomic E-state index is 12.7. The maximum atomic E-state index is 12.7. The summed E-state index contributed by atoms with van der Waals surface area (Å²) < 4.78 is 5.65. The molecule has 0 saturated heterocycles. The predicted octanol–water partition coefficient (Wildman–Crippen LogP) is 2.36. The molecule has 3 rings (SSSR count). The molecular weight excluding hydrogens is 444 g/mol. The van der Waals surface area contributed by atoms with Crippen molar-refractivity contribution in [3.05, 3.63) is 55.8 Å². The number of amides is 1. The lowest BCUT2D eigenvalue weighted by molar-refractivity contribution is -0.386. The SMILES string of the molecule is CCn1cc(Br)c(CN(C)C(=O)c2ccn(Cn3nc(C)c([N+](=O)[O-])c3C)n2)n1. The second-order valence-electron chi connectivity index (χ2n) is 6.60. The van der Waals surface area contributed by atoms with Crippen LogP contribution < -0.4 is 0 Å². The third-order valence-electron chi connectivity index (χ3n) is 4.51. The van der Waals surface area contributed by atoms with Crippen molar-refractivity contribution in [2.24, 2.45) is 0 Å². The Hall–Kier alpha value is -3.02. The minimum Gasteiger partial charge on any atom is -0.334 e. The molecule has 0 radical (unpaired) electrons. The van der Waals surface area contributed by atoms with Gasteiger partial charge in [0.1, 0.15) is 23.8 Å². The van der Waals surface area contributed by atoms with Gasteiger partial charge in [-0.25, -0.2) is 4.68 Å². The fraction of sp³-hybridized carbons (Fsp3) is 0.412. The minimum atomic E-state index is -0.445. The zero-order valence-corrected chi connectivity index (χ0v) is 18.1. The lowest BCUT2D eigenvalue weighted by Crippen LogP contribution is -2.27. The molecule has 0 unspecified atom stereocenters. The molecule has 11 nitrogen and oxygen atoms in total. The Bertz CT molecular complexity index is 1070. The summed E-state index contributed by atoms with van der Waals surface area (Å²) in [6.45, 7) is 6.46. The second-order valence-corrected chi connectivity index (χ2v) is 7.45. The molecule has 0 fully saturated rings. The number of aromatic nitrogens is 6. The Morgan fingerprint density at radius 1 is 1.28 bits per heavy atom. The molecule has 0 atom stereocenters. The van der Waals surface area contributed by atoms with Crippen LogP contribution in [0.3, 0.4) is 0 Å². The molecule has 3 aromatic heterocycles. The van der Waals surface area contributed by atoms with Crippen molar-refractivity contribution in [3.8, 4) is 0 Å². The first-order chi connectivity index (χ1) is 13.7. The molecule has 12 heteroatoms. The van der Waals surface area contributed by atoms with Crippen LogP contribution >= 0.6 is 15.9 Å². The summed E-state index contributed by atoms with van der Waals surface area (Å²) in [5, 5.41) is 24.1. The largest absolute Gasteiger partial charge is 0.334 e. The van der Waals surface area contributed by atoms with Crippen LogP contribution in [0.1, 0.15) is 34.5 Å². The summed E-state index contributed by atoms with van der Waals surface area (Å²) >= 11 is 3.46. The van der Waals surface area contributed by atoms with E-state index in [-0.39, 0.29) is 24.0 Å². The van der Waals surface area contributed by atoms with Crippen LogP contribution in [-0.4, -0.2) is 52.1 Å². The van der Waals surface area contributed by atoms with E-state index >= 15 is 0 Å². The Balaban J connectivity index is 1.72. The van der Waals surface area contributed by atoms with Gasteiger partial charge in [-0.2, -0.15) is 15.3 Å². The van der Waals surface area contributed by atoms with E-state index < -0.39 is 4.92 Å². The summed E-state index contributed by atoms with van der Waals surface area (Å²) in [4.78, 5) is 24.9. The van der Waals surface area contributed by atoms with Gasteiger partial charge in [-0.1, -0.05) is 0 Å². The van der Waals surface area contributed by atoms with Crippen molar-refractivity contribution in [1.29, 1.82) is 0 Å². The molecule has 0 bridgehead atoms. The van der Waals surface area contributed by atoms with Gasteiger partial charge < -0.3 is 4.90 Å². The van der Waals surface area contributed by atoms with Crippen molar-refractivity contribution in [1.82, 2.24) is 34.2 Å². The molecule has 154 valence electrons. The van der Waals surface area contributed by atoms with E-state index in [2.05, 4.69) is 31.2 Å². The van der Waals surface area contributed by atoms with Gasteiger partial charge in [0.05, 0.1) is 21.6 Å². The highest BCUT2D eigenvalue weighted by molar-refractivity contribution is 9.10. The van der Waals surface area contributed by atoms with E-state index in [9.17, 15) is 14.9 Å². The quantitative estimate of drug-likeness (QED) is 0.391. The molecule has 0 aliphatic carbocycles. The van der Waals surface area contributed by atoms with Crippen LogP contribution in [0.25, 0.3) is 0 Å². The smallest absolute Gasteiger partial charge is 0.312 e. The first-order valence-electron chi connectivity index (χ1n) is 8.90. The zero-order chi connectivity index (χ0) is 21.3. The van der Waals surface area contributed by atoms with Gasteiger partial charge in [-0.3, -0.25) is 24.3 Å². The molecule has 1 amide bonds. The fourth-order valence-corrected chi connectivity index (χ4v) is 3.42. The Morgan fingerprint density at radius 3 is 2.59 bits per heavy atom. The molecular formula is C17H21BrN8O3. The maximum Gasteiger partial charge on any atom is 0.312 e. The molecule has 0 N–H and O–H groups in total. The average molecular weight is 465 g/mol. The lowest BCUT2D eigenvalue weighted by atomic mass is 10.3. The van der Waals surface area contributed by atoms with Crippen LogP contribution in [0.4, 0.5) is 5.69 Å². The predicted molar refractivity (Wildman–Crippen MR) is 107 cm³/mol. The molecule has 0 spiro atoms. The van der Waals surface area contributed by atoms with Crippen molar-refractivity contribution < 1.29 is 9.72 Å². The number of hydrogen-bond donors (Lipinski definition) is 0. The van der Waals surface area contributed by atoms with E-state index in [1.54, 1.807) is 37.8 Å². The number of carbonyl (C=O) groups is 1. The highest BCUT2D eigenvalue weighted by Crippen LogP contribution is 2.22. The van der Waals surface area contributed by atoms with Crippen LogP contribution in [0.15, 0.2) is 22.9 Å². The normalized spacial score (nSPS) is 11.1. The van der Waals surface area contributed by atoms with Gasteiger partial charge in [-0.05, 0) is 42.8 Å². The third-order valence-corrected chi connectivity index (χ3v) is 5.17. The van der Waals surface area contributed by atoms with Crippen molar-refractivity contribution in [2.45, 2.75) is 40.5 Å². The van der Waals surface area contributed by atoms with Gasteiger partial charge in [-0.15, -0.1) is 0 Å². The van der Waals surface area contributed by atoms with Gasteiger partial charge in [0.25, 0.3) is 5.91 Å². The molecule has 29 heavy (non-hydrogen) atoms. The van der Waals surface area contributed by atoms with Gasteiger partial charge >= 0.3 is 5.69 Å². The Morgan fingerprint density at radius 2 is 2.00 bits per heavy atom. The van der Waals surface area contributed by atoms with E-state index in [1.165, 1.54) is 14.3 Å². The van der Waals surface area contributed by atoms with E-state index in [1.807, 2.05) is 13.1 Å². The molecule has 3 aromatic rings. The van der Waals surface area contributed by atoms with E-state index in [0.717, 1.165) is 16.7 Å². The first-order valence-corrected chi connectivity index (χ1v) is 9.69. The van der Waals surface area contributed by atoms with Gasteiger partial charge in [0.15, 0.2) is 0 Å². The van der Waals surface area contributed by atoms with Gasteiger partial charge in [0.2, 0.25) is 0 Å². The second kappa shape index (κ2) is 8.15. The standard InChI is InChI=1S/C17H21BrN8O3/c1-5-23-8-13(18)15(21-23)9-22(4)17(27)14-6-7-24(20-14)10-25-12(3)16(26(28)29)11(2)19-25/h6-8H,5,9-10H2,1-4H3. The number of rotatable bonds is 7. The highest BCUT2D eigenvalue weighted by atomic mass is 79.9. The molecule has 0 aromatic carbocycles. The monoisotopic (exact) mass is 464 g/mol. The topological polar surface area (TPSA) is 117 Å². The van der Waals surface area contributed by atoms with Gasteiger partial charge in [0, 0.05) is 26.0 Å². The molecule has 0 aliphatic heterocycles. The number of nitrogens with zero attached hydrogens (tertiary/aromatic N) is 8. The lowest BCUT2D eigenvalue weighted by Gasteiger charge is -2.14. The Kier molecular flexibility index (Phi) is 5.82. The highest BCUT2D eigenvalue weighted by Gasteiger charge is 2.22. The van der Waals surface area contributed by atoms with Crippen LogP contribution in [0.5, 0.6) is 0 Å². The summed E-state index contributed by atoms with van der Waals surface area (Å²) in [6, 6.07) is 1.61. The number of aryl methyl sites for hydroxylation is 2. The first kappa shape index (κ1) is 20.7. The number of hydrogen-bond acceptors (Lipinski definition) is 6. The average Bonchev–Trinajstić information content (AvgIpc) is 3.33. The molecule has 3 heterocycles. The number of nitro groups is 1. The fourth-order valence-electron chi connectivity index (χ4n) is 2.98. The van der Waals surface area contributed by atoms with Crippen LogP contribution in [0.2, 0.25) is 0 Å².